The van der Waals surface area contributed by atoms with E-state index >= 15 is 0 Å². The molecule has 1 fully saturated rings. The number of carbonyl (C=O) groups is 3. The van der Waals surface area contributed by atoms with Crippen molar-refractivity contribution < 1.29 is 28.3 Å². The van der Waals surface area contributed by atoms with Crippen molar-refractivity contribution in [2.24, 2.45) is 5.73 Å². The Hall–Kier alpha value is -3.17. The molecule has 3 amide bonds. The molecule has 176 valence electrons. The lowest BCUT2D eigenvalue weighted by molar-refractivity contribution is -0.160. The van der Waals surface area contributed by atoms with E-state index in [0.29, 0.717) is 30.4 Å². The summed E-state index contributed by atoms with van der Waals surface area (Å²) in [5.74, 6) is -5.06. The molecule has 0 unspecified atom stereocenters. The lowest BCUT2D eigenvalue weighted by Gasteiger charge is -2.36. The maximum atomic E-state index is 13.7. The Morgan fingerprint density at radius 3 is 2.30 bits per heavy atom. The monoisotopic (exact) mass is 459 g/mol. The van der Waals surface area contributed by atoms with Crippen LogP contribution in [0.1, 0.15) is 42.9 Å². The first-order valence-electron chi connectivity index (χ1n) is 10.7. The molecule has 1 saturated heterocycles. The minimum atomic E-state index is -2.07. The molecule has 3 rings (SSSR count). The van der Waals surface area contributed by atoms with Crippen molar-refractivity contribution in [2.45, 2.75) is 43.9 Å². The standard InChI is InChI=1S/C24H27F2N3O4/c1-14(27)22(31)29(24(33)21(30)16-11-17(25)13-18(26)12-16)20-19(15-7-4-3-5-8-15)9-6-10-28(2)23(20)32/h3-5,7-8,11-14,19-21,30H,6,9-10,27H2,1-2H3/t14-,19-,20-,21+/m0/s1. The number of aliphatic hydroxyl groups is 1. The third-order valence-corrected chi connectivity index (χ3v) is 5.82. The highest BCUT2D eigenvalue weighted by atomic mass is 19.1. The number of likely N-dealkylation sites (tertiary alicyclic amines) is 1. The van der Waals surface area contributed by atoms with Gasteiger partial charge < -0.3 is 15.7 Å². The minimum absolute atomic E-state index is 0.370. The number of carbonyl (C=O) groups excluding carboxylic acids is 3. The molecule has 0 aliphatic carbocycles. The summed E-state index contributed by atoms with van der Waals surface area (Å²) in [7, 11) is 1.57. The van der Waals surface area contributed by atoms with Crippen molar-refractivity contribution in [3.8, 4) is 0 Å². The van der Waals surface area contributed by atoms with Crippen LogP contribution in [0.3, 0.4) is 0 Å². The number of amides is 3. The molecule has 0 bridgehead atoms. The second kappa shape index (κ2) is 10.2. The Labute approximate surface area is 190 Å². The maximum Gasteiger partial charge on any atom is 0.263 e. The number of halogens is 2. The van der Waals surface area contributed by atoms with Crippen LogP contribution in [0.15, 0.2) is 48.5 Å². The van der Waals surface area contributed by atoms with E-state index in [1.165, 1.54) is 11.8 Å². The van der Waals surface area contributed by atoms with E-state index in [0.717, 1.165) is 17.7 Å². The first-order chi connectivity index (χ1) is 15.6. The lowest BCUT2D eigenvalue weighted by atomic mass is 9.86. The van der Waals surface area contributed by atoms with Crippen LogP contribution in [0.5, 0.6) is 0 Å². The normalized spacial score (nSPS) is 20.7. The first kappa shape index (κ1) is 24.5. The van der Waals surface area contributed by atoms with Crippen molar-refractivity contribution in [3.63, 3.8) is 0 Å². The van der Waals surface area contributed by atoms with Gasteiger partial charge in [0.15, 0.2) is 6.10 Å². The van der Waals surface area contributed by atoms with Gasteiger partial charge in [-0.05, 0) is 43.0 Å². The van der Waals surface area contributed by atoms with Crippen molar-refractivity contribution >= 4 is 17.7 Å². The van der Waals surface area contributed by atoms with E-state index in [-0.39, 0.29) is 5.56 Å². The molecule has 33 heavy (non-hydrogen) atoms. The fourth-order valence-corrected chi connectivity index (χ4v) is 4.16. The number of aliphatic hydroxyl groups excluding tert-OH is 1. The molecule has 9 heteroatoms. The third-order valence-electron chi connectivity index (χ3n) is 5.82. The molecule has 4 atom stereocenters. The van der Waals surface area contributed by atoms with Crippen molar-refractivity contribution in [1.82, 2.24) is 9.80 Å². The number of hydrogen-bond donors (Lipinski definition) is 2. The number of imide groups is 1. The second-order valence-corrected chi connectivity index (χ2v) is 8.30. The summed E-state index contributed by atoms with van der Waals surface area (Å²) in [4.78, 5) is 42.1. The molecule has 0 spiro atoms. The van der Waals surface area contributed by atoms with Crippen LogP contribution in [0, 0.1) is 11.6 Å². The molecule has 0 radical (unpaired) electrons. The largest absolute Gasteiger partial charge is 0.378 e. The molecule has 3 N–H and O–H groups in total. The van der Waals surface area contributed by atoms with Crippen molar-refractivity contribution in [2.75, 3.05) is 13.6 Å². The van der Waals surface area contributed by atoms with Gasteiger partial charge >= 0.3 is 0 Å². The van der Waals surface area contributed by atoms with E-state index in [9.17, 15) is 28.3 Å². The molecule has 7 nitrogen and oxygen atoms in total. The zero-order valence-electron chi connectivity index (χ0n) is 18.4. The highest BCUT2D eigenvalue weighted by molar-refractivity contribution is 6.04. The molecular weight excluding hydrogens is 432 g/mol. The fraction of sp³-hybridized carbons (Fsp3) is 0.375. The molecule has 1 heterocycles. The summed E-state index contributed by atoms with van der Waals surface area (Å²) in [5.41, 5.74) is 6.18. The number of likely N-dealkylation sites (N-methyl/N-ethyl adjacent to an activating group) is 1. The lowest BCUT2D eigenvalue weighted by Crippen LogP contribution is -2.58. The Balaban J connectivity index is 2.12. The highest BCUT2D eigenvalue weighted by Crippen LogP contribution is 2.34. The predicted octanol–water partition coefficient (Wildman–Crippen LogP) is 2.11. The van der Waals surface area contributed by atoms with Crippen molar-refractivity contribution in [3.05, 3.63) is 71.3 Å². The van der Waals surface area contributed by atoms with Crippen LogP contribution in [-0.2, 0) is 14.4 Å². The summed E-state index contributed by atoms with van der Waals surface area (Å²) < 4.78 is 27.4. The molecule has 1 aliphatic rings. The summed E-state index contributed by atoms with van der Waals surface area (Å²) in [6.45, 7) is 1.78. The number of nitrogens with zero attached hydrogens (tertiary/aromatic N) is 2. The summed E-state index contributed by atoms with van der Waals surface area (Å²) in [6.07, 6.45) is -0.953. The van der Waals surface area contributed by atoms with Gasteiger partial charge in [0.2, 0.25) is 11.8 Å². The van der Waals surface area contributed by atoms with Gasteiger partial charge in [-0.25, -0.2) is 8.78 Å². The Morgan fingerprint density at radius 2 is 1.73 bits per heavy atom. The maximum absolute atomic E-state index is 13.7. The number of benzene rings is 2. The van der Waals surface area contributed by atoms with E-state index in [2.05, 4.69) is 0 Å². The van der Waals surface area contributed by atoms with E-state index in [4.69, 9.17) is 5.73 Å². The van der Waals surface area contributed by atoms with Gasteiger partial charge in [-0.3, -0.25) is 19.3 Å². The molecule has 0 aromatic heterocycles. The highest BCUT2D eigenvalue weighted by Gasteiger charge is 2.45. The topological polar surface area (TPSA) is 104 Å². The fourth-order valence-electron chi connectivity index (χ4n) is 4.16. The quantitative estimate of drug-likeness (QED) is 0.713. The average molecular weight is 459 g/mol. The Kier molecular flexibility index (Phi) is 7.55. The summed E-state index contributed by atoms with van der Waals surface area (Å²) >= 11 is 0. The van der Waals surface area contributed by atoms with Gasteiger partial charge in [0.25, 0.3) is 5.91 Å². The third kappa shape index (κ3) is 5.26. The van der Waals surface area contributed by atoms with Crippen LogP contribution >= 0.6 is 0 Å². The molecule has 1 aliphatic heterocycles. The molecule has 0 saturated carbocycles. The molecule has 2 aromatic carbocycles. The minimum Gasteiger partial charge on any atom is -0.378 e. The van der Waals surface area contributed by atoms with Gasteiger partial charge in [-0.1, -0.05) is 30.3 Å². The summed E-state index contributed by atoms with van der Waals surface area (Å²) in [5, 5.41) is 10.7. The molecule has 2 aromatic rings. The zero-order valence-corrected chi connectivity index (χ0v) is 18.4. The second-order valence-electron chi connectivity index (χ2n) is 8.30. The Bertz CT molecular complexity index is 1010. The average Bonchev–Trinajstić information content (AvgIpc) is 2.92. The number of hydrogen-bond acceptors (Lipinski definition) is 5. The van der Waals surface area contributed by atoms with Gasteiger partial charge in [0.05, 0.1) is 6.04 Å². The predicted molar refractivity (Wildman–Crippen MR) is 117 cm³/mol. The smallest absolute Gasteiger partial charge is 0.263 e. The zero-order chi connectivity index (χ0) is 24.3. The first-order valence-corrected chi connectivity index (χ1v) is 10.7. The SMILES string of the molecule is C[C@H](N)C(=O)N(C(=O)[C@H](O)c1cc(F)cc(F)c1)[C@@H]1C(=O)N(C)CCC[C@H]1c1ccccc1. The summed E-state index contributed by atoms with van der Waals surface area (Å²) in [6, 6.07) is 8.74. The van der Waals surface area contributed by atoms with E-state index in [1.54, 1.807) is 37.4 Å². The van der Waals surface area contributed by atoms with Crippen LogP contribution in [0.25, 0.3) is 0 Å². The van der Waals surface area contributed by atoms with Crippen molar-refractivity contribution in [1.29, 1.82) is 0 Å². The van der Waals surface area contributed by atoms with Crippen LogP contribution < -0.4 is 5.73 Å². The van der Waals surface area contributed by atoms with Crippen LogP contribution in [-0.4, -0.2) is 58.3 Å². The van der Waals surface area contributed by atoms with Crippen LogP contribution in [0.2, 0.25) is 0 Å². The van der Waals surface area contributed by atoms with E-state index in [1.807, 2.05) is 0 Å². The molecular formula is C24H27F2N3O4. The van der Waals surface area contributed by atoms with E-state index < -0.39 is 53.5 Å². The van der Waals surface area contributed by atoms with Crippen LogP contribution in [0.4, 0.5) is 8.78 Å². The number of rotatable bonds is 5. The van der Waals surface area contributed by atoms with Gasteiger partial charge in [-0.2, -0.15) is 0 Å². The Morgan fingerprint density at radius 1 is 1.12 bits per heavy atom. The number of nitrogens with two attached hydrogens (primary N) is 1. The van der Waals surface area contributed by atoms with Gasteiger partial charge in [-0.15, -0.1) is 0 Å². The van der Waals surface area contributed by atoms with Gasteiger partial charge in [0.1, 0.15) is 17.7 Å². The van der Waals surface area contributed by atoms with Gasteiger partial charge in [0, 0.05) is 25.6 Å².